The number of thiophene rings is 1. The van der Waals surface area contributed by atoms with Crippen molar-refractivity contribution in [2.24, 2.45) is 4.99 Å². The molecule has 0 atom stereocenters. The molecule has 4 nitrogen and oxygen atoms in total. The largest absolute Gasteiger partial charge is 0.462 e. The first kappa shape index (κ1) is 15.3. The molecule has 0 unspecified atom stereocenters. The van der Waals surface area contributed by atoms with Gasteiger partial charge in [0.15, 0.2) is 0 Å². The highest BCUT2D eigenvalue weighted by Gasteiger charge is 2.20. The molecule has 1 aromatic carbocycles. The first-order chi connectivity index (χ1) is 10.1. The lowest BCUT2D eigenvalue weighted by atomic mass is 10.0. The van der Waals surface area contributed by atoms with Crippen molar-refractivity contribution in [3.63, 3.8) is 0 Å². The van der Waals surface area contributed by atoms with Crippen molar-refractivity contribution in [1.29, 1.82) is 0 Å². The van der Waals surface area contributed by atoms with Crippen LogP contribution in [-0.2, 0) is 4.74 Å². The van der Waals surface area contributed by atoms with Crippen LogP contribution in [-0.4, -0.2) is 37.9 Å². The number of nitrogens with zero attached hydrogens (tertiary/aromatic N) is 2. The van der Waals surface area contributed by atoms with Crippen LogP contribution in [0.4, 0.5) is 5.00 Å². The van der Waals surface area contributed by atoms with Gasteiger partial charge >= 0.3 is 5.97 Å². The molecule has 1 heterocycles. The number of rotatable bonds is 5. The van der Waals surface area contributed by atoms with E-state index in [9.17, 15) is 4.79 Å². The molecule has 0 aliphatic carbocycles. The Balaban J connectivity index is 2.48. The van der Waals surface area contributed by atoms with Crippen LogP contribution in [0.3, 0.4) is 0 Å². The Bertz CT molecular complexity index is 633. The Hall–Kier alpha value is -2.14. The van der Waals surface area contributed by atoms with Gasteiger partial charge in [-0.05, 0) is 12.5 Å². The minimum Gasteiger partial charge on any atom is -0.462 e. The van der Waals surface area contributed by atoms with Crippen LogP contribution in [0.1, 0.15) is 17.3 Å². The van der Waals surface area contributed by atoms with Crippen molar-refractivity contribution in [2.45, 2.75) is 6.92 Å². The summed E-state index contributed by atoms with van der Waals surface area (Å²) in [7, 11) is 3.78. The summed E-state index contributed by atoms with van der Waals surface area (Å²) in [5, 5.41) is 2.62. The molecule has 2 rings (SSSR count). The average Bonchev–Trinajstić information content (AvgIpc) is 2.90. The molecule has 0 spiro atoms. The van der Waals surface area contributed by atoms with Crippen molar-refractivity contribution in [3.05, 3.63) is 41.3 Å². The summed E-state index contributed by atoms with van der Waals surface area (Å²) in [6.45, 7) is 2.15. The Morgan fingerprint density at radius 3 is 2.67 bits per heavy atom. The van der Waals surface area contributed by atoms with Gasteiger partial charge < -0.3 is 9.64 Å². The lowest BCUT2D eigenvalue weighted by Gasteiger charge is -2.06. The third kappa shape index (κ3) is 3.70. The highest BCUT2D eigenvalue weighted by molar-refractivity contribution is 7.14. The van der Waals surface area contributed by atoms with Gasteiger partial charge in [-0.3, -0.25) is 0 Å². The zero-order valence-corrected chi connectivity index (χ0v) is 13.2. The molecular formula is C16H18N2O2S. The fourth-order valence-corrected chi connectivity index (χ4v) is 2.74. The molecule has 0 amide bonds. The van der Waals surface area contributed by atoms with Gasteiger partial charge in [0.1, 0.15) is 10.6 Å². The van der Waals surface area contributed by atoms with Crippen molar-refractivity contribution in [2.75, 3.05) is 20.7 Å². The lowest BCUT2D eigenvalue weighted by molar-refractivity contribution is 0.0529. The van der Waals surface area contributed by atoms with E-state index in [1.165, 1.54) is 11.3 Å². The topological polar surface area (TPSA) is 41.9 Å². The fraction of sp³-hybridized carbons (Fsp3) is 0.250. The van der Waals surface area contributed by atoms with E-state index in [0.29, 0.717) is 17.2 Å². The predicted molar refractivity (Wildman–Crippen MR) is 87.6 cm³/mol. The number of hydrogen-bond donors (Lipinski definition) is 0. The number of carbonyl (C=O) groups excluding carboxylic acids is 1. The first-order valence-electron chi connectivity index (χ1n) is 6.68. The van der Waals surface area contributed by atoms with Gasteiger partial charge in [0, 0.05) is 25.0 Å². The summed E-state index contributed by atoms with van der Waals surface area (Å²) in [6, 6.07) is 9.80. The Kier molecular flexibility index (Phi) is 5.11. The molecule has 1 aromatic heterocycles. The maximum atomic E-state index is 12.3. The zero-order valence-electron chi connectivity index (χ0n) is 12.4. The zero-order chi connectivity index (χ0) is 15.2. The van der Waals surface area contributed by atoms with Crippen LogP contribution in [0, 0.1) is 0 Å². The van der Waals surface area contributed by atoms with Crippen molar-refractivity contribution >= 4 is 28.6 Å². The molecule has 0 bridgehead atoms. The number of benzene rings is 1. The molecule has 2 aromatic rings. The highest BCUT2D eigenvalue weighted by Crippen LogP contribution is 2.37. The number of hydrogen-bond acceptors (Lipinski definition) is 4. The molecule has 0 radical (unpaired) electrons. The molecule has 0 saturated carbocycles. The molecule has 5 heteroatoms. The average molecular weight is 302 g/mol. The summed E-state index contributed by atoms with van der Waals surface area (Å²) in [5.41, 5.74) is 2.39. The molecule has 0 aliphatic heterocycles. The lowest BCUT2D eigenvalue weighted by Crippen LogP contribution is -2.08. The Morgan fingerprint density at radius 1 is 1.33 bits per heavy atom. The molecule has 0 aliphatic rings. The van der Waals surface area contributed by atoms with Crippen LogP contribution < -0.4 is 0 Å². The van der Waals surface area contributed by atoms with Gasteiger partial charge in [0.05, 0.1) is 12.9 Å². The second kappa shape index (κ2) is 7.04. The number of ether oxygens (including phenoxy) is 1. The van der Waals surface area contributed by atoms with Crippen LogP contribution >= 0.6 is 11.3 Å². The van der Waals surface area contributed by atoms with E-state index in [2.05, 4.69) is 4.99 Å². The standard InChI is InChI=1S/C16H18N2O2S/c1-4-20-16(19)14-13(12-8-6-5-7-9-12)10-21-15(14)17-11-18(2)3/h5-11H,4H2,1-3H3/b17-11+. The van der Waals surface area contributed by atoms with Crippen LogP contribution in [0.25, 0.3) is 11.1 Å². The molecule has 0 N–H and O–H groups in total. The van der Waals surface area contributed by atoms with Gasteiger partial charge in [-0.1, -0.05) is 30.3 Å². The summed E-state index contributed by atoms with van der Waals surface area (Å²) >= 11 is 1.44. The Morgan fingerprint density at radius 2 is 2.05 bits per heavy atom. The van der Waals surface area contributed by atoms with Gasteiger partial charge in [0.2, 0.25) is 0 Å². The summed E-state index contributed by atoms with van der Waals surface area (Å²) < 4.78 is 5.18. The van der Waals surface area contributed by atoms with Crippen molar-refractivity contribution in [3.8, 4) is 11.1 Å². The van der Waals surface area contributed by atoms with E-state index in [1.54, 1.807) is 13.3 Å². The van der Waals surface area contributed by atoms with Gasteiger partial charge in [-0.15, -0.1) is 11.3 Å². The quantitative estimate of drug-likeness (QED) is 0.479. The molecule has 110 valence electrons. The second-order valence-electron chi connectivity index (χ2n) is 4.62. The summed E-state index contributed by atoms with van der Waals surface area (Å²) in [4.78, 5) is 18.5. The third-order valence-corrected chi connectivity index (χ3v) is 3.63. The number of aliphatic imine (C=N–C) groups is 1. The van der Waals surface area contributed by atoms with E-state index >= 15 is 0 Å². The summed E-state index contributed by atoms with van der Waals surface area (Å²) in [5.74, 6) is -0.330. The predicted octanol–water partition coefficient (Wildman–Crippen LogP) is 3.81. The van der Waals surface area contributed by atoms with Gasteiger partial charge in [0.25, 0.3) is 0 Å². The molecular weight excluding hydrogens is 284 g/mol. The monoisotopic (exact) mass is 302 g/mol. The maximum absolute atomic E-state index is 12.3. The fourth-order valence-electron chi connectivity index (χ4n) is 1.84. The van der Waals surface area contributed by atoms with Crippen LogP contribution in [0.15, 0.2) is 40.7 Å². The molecule has 0 saturated heterocycles. The van der Waals surface area contributed by atoms with Gasteiger partial charge in [-0.2, -0.15) is 0 Å². The van der Waals surface area contributed by atoms with E-state index in [4.69, 9.17) is 4.74 Å². The number of carbonyl (C=O) groups is 1. The second-order valence-corrected chi connectivity index (χ2v) is 5.48. The van der Waals surface area contributed by atoms with Crippen molar-refractivity contribution < 1.29 is 9.53 Å². The van der Waals surface area contributed by atoms with Crippen molar-refractivity contribution in [1.82, 2.24) is 4.90 Å². The number of esters is 1. The minimum atomic E-state index is -0.330. The van der Waals surface area contributed by atoms with Crippen LogP contribution in [0.2, 0.25) is 0 Å². The van der Waals surface area contributed by atoms with E-state index < -0.39 is 0 Å². The maximum Gasteiger partial charge on any atom is 0.341 e. The normalized spacial score (nSPS) is 10.8. The molecule has 21 heavy (non-hydrogen) atoms. The smallest absolute Gasteiger partial charge is 0.341 e. The van der Waals surface area contributed by atoms with Gasteiger partial charge in [-0.25, -0.2) is 9.79 Å². The molecule has 0 fully saturated rings. The highest BCUT2D eigenvalue weighted by atomic mass is 32.1. The summed E-state index contributed by atoms with van der Waals surface area (Å²) in [6.07, 6.45) is 1.68. The van der Waals surface area contributed by atoms with E-state index in [1.807, 2.05) is 54.7 Å². The van der Waals surface area contributed by atoms with Crippen LogP contribution in [0.5, 0.6) is 0 Å². The first-order valence-corrected chi connectivity index (χ1v) is 7.56. The Labute approximate surface area is 128 Å². The SMILES string of the molecule is CCOC(=O)c1c(-c2ccccc2)csc1/N=C/N(C)C. The van der Waals surface area contributed by atoms with E-state index in [-0.39, 0.29) is 5.97 Å². The minimum absolute atomic E-state index is 0.330. The third-order valence-electron chi connectivity index (χ3n) is 2.74. The van der Waals surface area contributed by atoms with E-state index in [0.717, 1.165) is 11.1 Å².